The predicted molar refractivity (Wildman–Crippen MR) is 156 cm³/mol. The summed E-state index contributed by atoms with van der Waals surface area (Å²) in [5.74, 6) is 0. The van der Waals surface area contributed by atoms with Crippen LogP contribution in [0.5, 0.6) is 0 Å². The van der Waals surface area contributed by atoms with Crippen molar-refractivity contribution in [1.29, 1.82) is 0 Å². The average molecular weight is 485 g/mol. The molecule has 0 fully saturated rings. The summed E-state index contributed by atoms with van der Waals surface area (Å²) in [6.45, 7) is 9.03. The summed E-state index contributed by atoms with van der Waals surface area (Å²) in [6, 6.07) is 17.8. The first kappa shape index (κ1) is 28.1. The van der Waals surface area contributed by atoms with E-state index in [0.29, 0.717) is 0 Å². The van der Waals surface area contributed by atoms with Gasteiger partial charge in [0.15, 0.2) is 0 Å². The van der Waals surface area contributed by atoms with Crippen molar-refractivity contribution in [2.45, 2.75) is 118 Å². The van der Waals surface area contributed by atoms with Crippen molar-refractivity contribution in [3.8, 4) is 0 Å². The molecule has 2 nitrogen and oxygen atoms in total. The minimum absolute atomic E-state index is 1.02. The smallest absolute Gasteiger partial charge is 0.211 e. The Balaban J connectivity index is 2.10. The van der Waals surface area contributed by atoms with Gasteiger partial charge in [0, 0.05) is 22.3 Å². The molecule has 194 valence electrons. The van der Waals surface area contributed by atoms with Gasteiger partial charge in [0.2, 0.25) is 11.4 Å². The highest BCUT2D eigenvalue weighted by molar-refractivity contribution is 5.82. The summed E-state index contributed by atoms with van der Waals surface area (Å²) in [7, 11) is 0. The Bertz CT molecular complexity index is 973. The first-order valence-electron chi connectivity index (χ1n) is 14.8. The first-order valence-corrected chi connectivity index (χ1v) is 14.8. The van der Waals surface area contributed by atoms with Crippen molar-refractivity contribution in [3.63, 3.8) is 0 Å². The minimum atomic E-state index is 1.02. The van der Waals surface area contributed by atoms with Gasteiger partial charge in [-0.25, -0.2) is 4.70 Å². The van der Waals surface area contributed by atoms with Crippen LogP contribution in [-0.2, 0) is 12.8 Å². The van der Waals surface area contributed by atoms with Gasteiger partial charge in [0.05, 0.1) is 0 Å². The van der Waals surface area contributed by atoms with Gasteiger partial charge in [-0.15, -0.1) is 0 Å². The molecule has 0 spiro atoms. The van der Waals surface area contributed by atoms with Crippen molar-refractivity contribution in [1.82, 2.24) is 0 Å². The molecule has 0 saturated carbocycles. The van der Waals surface area contributed by atoms with Crippen LogP contribution in [0, 0.1) is 0 Å². The van der Waals surface area contributed by atoms with Gasteiger partial charge < -0.3 is 5.53 Å². The summed E-state index contributed by atoms with van der Waals surface area (Å²) >= 11 is 0. The monoisotopic (exact) mass is 484 g/mol. The topological polar surface area (TPSA) is 25.3 Å². The lowest BCUT2D eigenvalue weighted by molar-refractivity contribution is -0.345. The molecule has 1 heterocycles. The first-order chi connectivity index (χ1) is 17.6. The van der Waals surface area contributed by atoms with Gasteiger partial charge >= 0.3 is 0 Å². The van der Waals surface area contributed by atoms with Gasteiger partial charge in [-0.3, -0.25) is 0 Å². The van der Waals surface area contributed by atoms with E-state index in [1.54, 1.807) is 4.70 Å². The van der Waals surface area contributed by atoms with Gasteiger partial charge in [0.25, 0.3) is 0 Å². The van der Waals surface area contributed by atoms with Crippen LogP contribution in [0.2, 0.25) is 0 Å². The molecule has 36 heavy (non-hydrogen) atoms. The molecule has 0 aliphatic carbocycles. The van der Waals surface area contributed by atoms with Crippen LogP contribution < -0.4 is 0 Å². The molecule has 0 atom stereocenters. The third-order valence-corrected chi connectivity index (χ3v) is 7.46. The van der Waals surface area contributed by atoms with E-state index in [9.17, 15) is 5.53 Å². The summed E-state index contributed by atoms with van der Waals surface area (Å²) in [5, 5.41) is 0. The Morgan fingerprint density at radius 3 is 1.33 bits per heavy atom. The van der Waals surface area contributed by atoms with Crippen molar-refractivity contribution < 1.29 is 4.70 Å². The Morgan fingerprint density at radius 1 is 0.528 bits per heavy atom. The van der Waals surface area contributed by atoms with Gasteiger partial charge in [-0.05, 0) is 86.8 Å². The zero-order valence-electron chi connectivity index (χ0n) is 23.4. The molecule has 0 amide bonds. The van der Waals surface area contributed by atoms with Crippen molar-refractivity contribution in [2.75, 3.05) is 0 Å². The van der Waals surface area contributed by atoms with Crippen LogP contribution in [0.25, 0.3) is 16.9 Å². The number of rotatable bonds is 16. The van der Waals surface area contributed by atoms with Crippen molar-refractivity contribution in [2.24, 2.45) is 0 Å². The number of hydrogen-bond donors (Lipinski definition) is 0. The zero-order valence-corrected chi connectivity index (χ0v) is 23.4. The molecule has 2 aromatic carbocycles. The normalized spacial score (nSPS) is 13.8. The van der Waals surface area contributed by atoms with E-state index < -0.39 is 0 Å². The number of hydrogen-bond acceptors (Lipinski definition) is 0. The highest BCUT2D eigenvalue weighted by atomic mass is 15.2. The number of allylic oxidation sites excluding steroid dienone is 2. The van der Waals surface area contributed by atoms with Gasteiger partial charge in [-0.1, -0.05) is 90.5 Å². The summed E-state index contributed by atoms with van der Waals surface area (Å²) in [6.07, 6.45) is 16.2. The molecule has 0 bridgehead atoms. The number of benzene rings is 2. The summed E-state index contributed by atoms with van der Waals surface area (Å²) in [4.78, 5) is 0. The highest BCUT2D eigenvalue weighted by Gasteiger charge is 2.35. The second kappa shape index (κ2) is 14.9. The number of aryl methyl sites for hydroxylation is 2. The Morgan fingerprint density at radius 2 is 0.944 bits per heavy atom. The fraction of sp³-hybridized carbons (Fsp3) is 0.529. The predicted octanol–water partition coefficient (Wildman–Crippen LogP) is 10.7. The van der Waals surface area contributed by atoms with E-state index in [1.165, 1.54) is 86.5 Å². The lowest BCUT2D eigenvalue weighted by Gasteiger charge is -2.11. The lowest BCUT2D eigenvalue weighted by atomic mass is 9.91. The number of nitrogens with zero attached hydrogens (tertiary/aromatic N) is 2. The largest absolute Gasteiger partial charge is 0.493 e. The molecule has 1 aliphatic heterocycles. The quantitative estimate of drug-likeness (QED) is 0.167. The molecule has 3 rings (SSSR count). The number of unbranched alkanes of at least 4 members (excludes halogenated alkanes) is 6. The van der Waals surface area contributed by atoms with E-state index in [0.717, 1.165) is 48.2 Å². The Hall–Kier alpha value is -2.48. The highest BCUT2D eigenvalue weighted by Crippen LogP contribution is 2.44. The molecule has 0 saturated heterocycles. The second-order valence-corrected chi connectivity index (χ2v) is 10.5. The third kappa shape index (κ3) is 7.28. The fourth-order valence-electron chi connectivity index (χ4n) is 5.40. The van der Waals surface area contributed by atoms with Crippen LogP contribution in [0.1, 0.15) is 127 Å². The van der Waals surface area contributed by atoms with Crippen LogP contribution in [-0.4, -0.2) is 4.70 Å². The van der Waals surface area contributed by atoms with E-state index in [4.69, 9.17) is 0 Å². The van der Waals surface area contributed by atoms with Crippen LogP contribution in [0.3, 0.4) is 0 Å². The van der Waals surface area contributed by atoms with E-state index in [2.05, 4.69) is 76.2 Å². The second-order valence-electron chi connectivity index (χ2n) is 10.5. The molecule has 0 unspecified atom stereocenters. The van der Waals surface area contributed by atoms with Gasteiger partial charge in [0.1, 0.15) is 0 Å². The Kier molecular flexibility index (Phi) is 11.7. The van der Waals surface area contributed by atoms with Crippen molar-refractivity contribution >= 4 is 11.4 Å². The maximum absolute atomic E-state index is 11.9. The lowest BCUT2D eigenvalue weighted by Crippen LogP contribution is -2.03. The molecule has 0 radical (unpaired) electrons. The summed E-state index contributed by atoms with van der Waals surface area (Å²) < 4.78 is 1.56. The Labute approximate surface area is 221 Å². The standard InChI is InChI=1S/C34H48N2/c1-5-9-13-23-31-32(24-14-10-6-2)34(30-22-16-20-28(26-30)18-12-8-4)36(35)33(31)29-21-15-19-27(25-29)17-11-7-3/h15-16,19-22,25-26H,5-14,17-18,23-24H2,1-4H3. The molecule has 2 aromatic rings. The van der Waals surface area contributed by atoms with Crippen LogP contribution in [0.15, 0.2) is 59.7 Å². The molecular weight excluding hydrogens is 436 g/mol. The van der Waals surface area contributed by atoms with Crippen LogP contribution in [0.4, 0.5) is 0 Å². The average Bonchev–Trinajstić information content (AvgIpc) is 3.17. The minimum Gasteiger partial charge on any atom is -0.493 e. The molecule has 0 N–H and O–H groups in total. The third-order valence-electron chi connectivity index (χ3n) is 7.46. The fourth-order valence-corrected chi connectivity index (χ4v) is 5.40. The van der Waals surface area contributed by atoms with Crippen LogP contribution >= 0.6 is 0 Å². The maximum atomic E-state index is 11.9. The molecule has 1 aliphatic rings. The molecular formula is C34H48N2. The SMILES string of the molecule is CCCCCC1=C(c2cccc(CCCC)c2)[N+](=[N-])C(c2cccc(CCCC)c2)=C1CCCCC. The summed E-state index contributed by atoms with van der Waals surface area (Å²) in [5.41, 5.74) is 21.7. The van der Waals surface area contributed by atoms with Crippen molar-refractivity contribution in [3.05, 3.63) is 87.5 Å². The zero-order chi connectivity index (χ0) is 25.8. The van der Waals surface area contributed by atoms with E-state index >= 15 is 0 Å². The molecule has 2 heteroatoms. The van der Waals surface area contributed by atoms with E-state index in [-0.39, 0.29) is 0 Å². The van der Waals surface area contributed by atoms with Gasteiger partial charge in [-0.2, -0.15) is 0 Å². The van der Waals surface area contributed by atoms with E-state index in [1.807, 2.05) is 0 Å². The maximum Gasteiger partial charge on any atom is 0.211 e. The molecule has 0 aromatic heterocycles.